The average Bonchev–Trinajstić information content (AvgIpc) is 3.29. The van der Waals surface area contributed by atoms with E-state index in [1.165, 1.54) is 70.6 Å². The van der Waals surface area contributed by atoms with Crippen LogP contribution < -0.4 is 34.3 Å². The van der Waals surface area contributed by atoms with Crippen LogP contribution in [0.3, 0.4) is 0 Å². The van der Waals surface area contributed by atoms with Crippen LogP contribution in [0.5, 0.6) is 5.75 Å². The Bertz CT molecular complexity index is 737. The molecular formula is C26H42NNaO4S. The van der Waals surface area contributed by atoms with Crippen molar-refractivity contribution in [2.45, 2.75) is 96.8 Å². The van der Waals surface area contributed by atoms with Crippen LogP contribution >= 0.6 is 0 Å². The van der Waals surface area contributed by atoms with Crippen LogP contribution in [-0.4, -0.2) is 21.6 Å². The van der Waals surface area contributed by atoms with Gasteiger partial charge in [-0.2, -0.15) is 0 Å². The van der Waals surface area contributed by atoms with Gasteiger partial charge in [-0.25, -0.2) is 8.42 Å². The van der Waals surface area contributed by atoms with E-state index in [0.29, 0.717) is 18.0 Å². The van der Waals surface area contributed by atoms with Gasteiger partial charge in [0, 0.05) is 0 Å². The molecule has 0 N–H and O–H groups in total. The normalized spacial score (nSPS) is 15.4. The van der Waals surface area contributed by atoms with Crippen LogP contribution in [0, 0.1) is 5.92 Å². The zero-order valence-corrected chi connectivity index (χ0v) is 23.7. The fourth-order valence-corrected chi connectivity index (χ4v) is 4.89. The van der Waals surface area contributed by atoms with E-state index in [9.17, 15) is 8.42 Å². The van der Waals surface area contributed by atoms with Crippen LogP contribution in [0.1, 0.15) is 96.8 Å². The van der Waals surface area contributed by atoms with Crippen molar-refractivity contribution < 1.29 is 46.9 Å². The second-order valence-corrected chi connectivity index (χ2v) is 9.98. The molecule has 5 nitrogen and oxygen atoms in total. The zero-order valence-electron chi connectivity index (χ0n) is 20.8. The van der Waals surface area contributed by atoms with Gasteiger partial charge < -0.3 is 9.46 Å². The minimum atomic E-state index is -3.90. The Morgan fingerprint density at radius 2 is 1.45 bits per heavy atom. The summed E-state index contributed by atoms with van der Waals surface area (Å²) in [7, 11) is -3.90. The first-order chi connectivity index (χ1) is 15.6. The summed E-state index contributed by atoms with van der Waals surface area (Å²) in [6.07, 6.45) is 22.3. The molecule has 182 valence electrons. The number of unbranched alkanes of at least 4 members (excludes halogenated alkanes) is 10. The van der Waals surface area contributed by atoms with Crippen LogP contribution in [0.15, 0.2) is 36.4 Å². The summed E-state index contributed by atoms with van der Waals surface area (Å²) < 4.78 is 38.0. The van der Waals surface area contributed by atoms with Gasteiger partial charge in [0.15, 0.2) is 0 Å². The molecule has 1 aromatic rings. The Balaban J connectivity index is 0.00000544. The number of hydrogen-bond acceptors (Lipinski definition) is 4. The molecule has 2 rings (SSSR count). The molecule has 0 radical (unpaired) electrons. The second kappa shape index (κ2) is 18.8. The maximum Gasteiger partial charge on any atom is 1.00 e. The third-order valence-corrected chi connectivity index (χ3v) is 6.83. The fourth-order valence-electron chi connectivity index (χ4n) is 4.12. The van der Waals surface area contributed by atoms with Crippen LogP contribution in [0.4, 0.5) is 5.69 Å². The molecule has 0 bridgehead atoms. The quantitative estimate of drug-likeness (QED) is 0.156. The average molecular weight is 488 g/mol. The Hall–Kier alpha value is -0.530. The standard InChI is InChI=1S/C26H42NO4S.Na/c1-2-30-26-21-19-25(20-22-26)27-32(28,29)31-23-15-11-9-7-5-3-4-6-8-10-12-16-24-17-13-14-18-24;/h13,17,19-22,24H,2-12,14-16,18,23H2,1H3;/q-1;+1/t24-;/m1./s1. The number of ether oxygens (including phenoxy) is 1. The van der Waals surface area contributed by atoms with Crippen molar-refractivity contribution in [2.24, 2.45) is 5.92 Å². The summed E-state index contributed by atoms with van der Waals surface area (Å²) in [5.74, 6) is 1.56. The molecule has 1 aliphatic carbocycles. The van der Waals surface area contributed by atoms with Gasteiger partial charge in [-0.05, 0) is 50.7 Å². The fraction of sp³-hybridized carbons (Fsp3) is 0.692. The molecular weight excluding hydrogens is 445 g/mol. The molecule has 0 saturated carbocycles. The molecule has 33 heavy (non-hydrogen) atoms. The molecule has 1 aromatic carbocycles. The van der Waals surface area contributed by atoms with Crippen molar-refractivity contribution in [3.05, 3.63) is 41.1 Å². The molecule has 0 heterocycles. The largest absolute Gasteiger partial charge is 1.00 e. The first kappa shape index (κ1) is 30.5. The molecule has 7 heteroatoms. The van der Waals surface area contributed by atoms with Crippen LogP contribution in [-0.2, 0) is 14.5 Å². The van der Waals surface area contributed by atoms with Gasteiger partial charge in [0.05, 0.1) is 13.2 Å². The monoisotopic (exact) mass is 487 g/mol. The maximum atomic E-state index is 12.0. The van der Waals surface area contributed by atoms with E-state index < -0.39 is 10.3 Å². The first-order valence-electron chi connectivity index (χ1n) is 12.6. The van der Waals surface area contributed by atoms with E-state index in [0.717, 1.165) is 25.2 Å². The predicted molar refractivity (Wildman–Crippen MR) is 133 cm³/mol. The molecule has 0 saturated heterocycles. The molecule has 0 amide bonds. The summed E-state index contributed by atoms with van der Waals surface area (Å²) in [6.45, 7) is 2.66. The number of allylic oxidation sites excluding steroid dienone is 2. The van der Waals surface area contributed by atoms with E-state index in [-0.39, 0.29) is 36.2 Å². The Labute approximate surface area is 224 Å². The van der Waals surface area contributed by atoms with Gasteiger partial charge >= 0.3 is 29.6 Å². The van der Waals surface area contributed by atoms with Crippen molar-refractivity contribution in [1.29, 1.82) is 0 Å². The number of nitrogens with zero attached hydrogens (tertiary/aromatic N) is 1. The minimum absolute atomic E-state index is 0. The van der Waals surface area contributed by atoms with E-state index in [1.54, 1.807) is 24.3 Å². The van der Waals surface area contributed by atoms with E-state index in [1.807, 2.05) is 6.92 Å². The summed E-state index contributed by atoms with van der Waals surface area (Å²) in [5.41, 5.74) is 0.347. The summed E-state index contributed by atoms with van der Waals surface area (Å²) in [4.78, 5) is 0. The number of rotatable bonds is 19. The van der Waals surface area contributed by atoms with Crippen molar-refractivity contribution in [2.75, 3.05) is 13.2 Å². The van der Waals surface area contributed by atoms with Gasteiger partial charge in [0.1, 0.15) is 5.75 Å². The molecule has 1 atom stereocenters. The Kier molecular flexibility index (Phi) is 17.3. The van der Waals surface area contributed by atoms with Crippen LogP contribution in [0.25, 0.3) is 4.72 Å². The third kappa shape index (κ3) is 15.2. The Morgan fingerprint density at radius 1 is 0.879 bits per heavy atom. The number of hydrogen-bond donors (Lipinski definition) is 0. The topological polar surface area (TPSA) is 66.7 Å². The smallest absolute Gasteiger partial charge is 0.553 e. The maximum absolute atomic E-state index is 12.0. The third-order valence-electron chi connectivity index (χ3n) is 5.93. The van der Waals surface area contributed by atoms with Gasteiger partial charge in [-0.3, -0.25) is 4.18 Å². The SMILES string of the molecule is CCOc1ccc([N-]S(=O)(=O)OCCCCCCCCCCCCC[C@@H]2C=CCC2)cc1.[Na+]. The van der Waals surface area contributed by atoms with Gasteiger partial charge in [0.2, 0.25) is 10.3 Å². The van der Waals surface area contributed by atoms with E-state index >= 15 is 0 Å². The minimum Gasteiger partial charge on any atom is -0.553 e. The molecule has 0 aromatic heterocycles. The van der Waals surface area contributed by atoms with Crippen molar-refractivity contribution in [3.8, 4) is 5.75 Å². The van der Waals surface area contributed by atoms with E-state index in [2.05, 4.69) is 16.9 Å². The molecule has 0 aliphatic heterocycles. The first-order valence-corrected chi connectivity index (χ1v) is 14.0. The Morgan fingerprint density at radius 3 is 2.00 bits per heavy atom. The molecule has 0 unspecified atom stereocenters. The van der Waals surface area contributed by atoms with Gasteiger partial charge in [0.25, 0.3) is 0 Å². The predicted octanol–water partition coefficient (Wildman–Crippen LogP) is 5.00. The summed E-state index contributed by atoms with van der Waals surface area (Å²) in [5, 5.41) is 0. The zero-order chi connectivity index (χ0) is 22.9. The summed E-state index contributed by atoms with van der Waals surface area (Å²) in [6, 6.07) is 6.62. The summed E-state index contributed by atoms with van der Waals surface area (Å²) >= 11 is 0. The van der Waals surface area contributed by atoms with Gasteiger partial charge in [-0.15, -0.1) is 5.69 Å². The van der Waals surface area contributed by atoms with Crippen LogP contribution in [0.2, 0.25) is 0 Å². The molecule has 1 aliphatic rings. The number of benzene rings is 1. The molecule has 0 fully saturated rings. The van der Waals surface area contributed by atoms with Crippen molar-refractivity contribution in [3.63, 3.8) is 0 Å². The van der Waals surface area contributed by atoms with Crippen molar-refractivity contribution >= 4 is 16.0 Å². The van der Waals surface area contributed by atoms with Gasteiger partial charge in [-0.1, -0.05) is 88.5 Å². The molecule has 0 spiro atoms. The van der Waals surface area contributed by atoms with Crippen molar-refractivity contribution in [1.82, 2.24) is 0 Å². The van der Waals surface area contributed by atoms with E-state index in [4.69, 9.17) is 8.92 Å². The second-order valence-electron chi connectivity index (χ2n) is 8.71.